The van der Waals surface area contributed by atoms with E-state index in [4.69, 9.17) is 10.5 Å². The van der Waals surface area contributed by atoms with Crippen LogP contribution >= 0.6 is 0 Å². The molecule has 0 aromatic carbocycles. The average molecular weight is 499 g/mol. The van der Waals surface area contributed by atoms with Crippen LogP contribution in [0.25, 0.3) is 0 Å². The highest BCUT2D eigenvalue weighted by atomic mass is 16.4. The summed E-state index contributed by atoms with van der Waals surface area (Å²) in [6.45, 7) is 14.0. The van der Waals surface area contributed by atoms with E-state index in [-0.39, 0.29) is 57.2 Å². The third-order valence-electron chi connectivity index (χ3n) is 13.2. The Labute approximate surface area is 217 Å². The van der Waals surface area contributed by atoms with Crippen LogP contribution < -0.4 is 0 Å². The fourth-order valence-electron chi connectivity index (χ4n) is 11.0. The van der Waals surface area contributed by atoms with Gasteiger partial charge in [0.2, 0.25) is 5.76 Å². The van der Waals surface area contributed by atoms with E-state index in [9.17, 15) is 14.7 Å². The van der Waals surface area contributed by atoms with Crippen molar-refractivity contribution in [3.63, 3.8) is 0 Å². The Bertz CT molecular complexity index is 1030. The van der Waals surface area contributed by atoms with Crippen molar-refractivity contribution in [3.05, 3.63) is 11.3 Å². The molecule has 4 N–H and O–H groups in total. The molecule has 5 aliphatic carbocycles. The Kier molecular flexibility index (Phi) is 5.72. The molecule has 4 unspecified atom stereocenters. The molecule has 0 saturated heterocycles. The molecule has 0 aromatic heterocycles. The van der Waals surface area contributed by atoms with Gasteiger partial charge in [-0.3, -0.25) is 9.59 Å². The van der Waals surface area contributed by atoms with Crippen molar-refractivity contribution in [2.45, 2.75) is 106 Å². The highest BCUT2D eigenvalue weighted by molar-refractivity contribution is 5.85. The third kappa shape index (κ3) is 3.29. The van der Waals surface area contributed by atoms with E-state index < -0.39 is 5.97 Å². The van der Waals surface area contributed by atoms with Crippen molar-refractivity contribution in [1.29, 1.82) is 5.41 Å². The number of carboxylic acids is 1. The first-order valence-electron chi connectivity index (χ1n) is 14.3. The summed E-state index contributed by atoms with van der Waals surface area (Å²) >= 11 is 0. The normalized spacial score (nSPS) is 49.8. The molecular formula is C31H48NO4+. The van der Waals surface area contributed by atoms with Gasteiger partial charge in [-0.25, -0.2) is 0 Å². The first-order chi connectivity index (χ1) is 16.6. The molecule has 0 aliphatic heterocycles. The topological polar surface area (TPSA) is 101 Å². The number of nitrogens with one attached hydrogen (secondary N) is 1. The van der Waals surface area contributed by atoms with E-state index >= 15 is 0 Å². The predicted molar refractivity (Wildman–Crippen MR) is 142 cm³/mol. The van der Waals surface area contributed by atoms with Crippen LogP contribution in [0.1, 0.15) is 106 Å². The molecule has 4 saturated carbocycles. The summed E-state index contributed by atoms with van der Waals surface area (Å²) in [5.41, 5.74) is 0.513. The van der Waals surface area contributed by atoms with Crippen molar-refractivity contribution in [3.8, 4) is 0 Å². The maximum atomic E-state index is 14.4. The molecule has 0 aromatic rings. The minimum atomic E-state index is -0.711. The zero-order chi connectivity index (χ0) is 26.5. The average Bonchev–Trinajstić information content (AvgIpc) is 2.78. The second-order valence-corrected chi connectivity index (χ2v) is 15.1. The third-order valence-corrected chi connectivity index (χ3v) is 13.2. The summed E-state index contributed by atoms with van der Waals surface area (Å²) in [6, 6.07) is 0. The van der Waals surface area contributed by atoms with Crippen LogP contribution in [-0.2, 0) is 9.59 Å². The van der Waals surface area contributed by atoms with E-state index in [1.54, 1.807) is 0 Å². The Hall–Kier alpha value is -1.65. The van der Waals surface area contributed by atoms with Gasteiger partial charge < -0.3 is 15.6 Å². The molecule has 200 valence electrons. The summed E-state index contributed by atoms with van der Waals surface area (Å²) in [6.07, 6.45) is 9.84. The number of allylic oxidation sites excluding steroid dienone is 2. The van der Waals surface area contributed by atoms with E-state index in [2.05, 4.69) is 41.5 Å². The second-order valence-electron chi connectivity index (χ2n) is 15.1. The van der Waals surface area contributed by atoms with Crippen LogP contribution in [0.2, 0.25) is 0 Å². The molecule has 0 amide bonds. The highest BCUT2D eigenvalue weighted by Crippen LogP contribution is 2.76. The van der Waals surface area contributed by atoms with Crippen molar-refractivity contribution in [2.75, 3.05) is 0 Å². The molecule has 0 radical (unpaired) electrons. The summed E-state index contributed by atoms with van der Waals surface area (Å²) < 4.78 is 0. The summed E-state index contributed by atoms with van der Waals surface area (Å²) in [4.78, 5) is 26.5. The van der Waals surface area contributed by atoms with Crippen LogP contribution in [-0.4, -0.2) is 28.2 Å². The van der Waals surface area contributed by atoms with Crippen molar-refractivity contribution in [2.24, 2.45) is 56.7 Å². The molecule has 0 spiro atoms. The van der Waals surface area contributed by atoms with Crippen LogP contribution in [0.3, 0.4) is 0 Å². The molecule has 9 atom stereocenters. The first-order valence-corrected chi connectivity index (χ1v) is 14.3. The SMILES string of the molecule is C[C@H]1C([OH2+])=C(C=N)C[C@@]2(C)C1CC[C@]1(C)C2CC(=O)C2C3CC(C)(C)CC[C@]3(CC(=O)O)CC[C@]21C. The number of hydrogen-bond donors (Lipinski definition) is 2. The first kappa shape index (κ1) is 26.0. The van der Waals surface area contributed by atoms with Crippen LogP contribution in [0.15, 0.2) is 11.3 Å². The minimum absolute atomic E-state index is 0.000186. The molecular weight excluding hydrogens is 450 g/mol. The van der Waals surface area contributed by atoms with Crippen LogP contribution in [0.5, 0.6) is 0 Å². The molecule has 5 nitrogen and oxygen atoms in total. The zero-order valence-electron chi connectivity index (χ0n) is 23.3. The lowest BCUT2D eigenvalue weighted by atomic mass is 9.32. The lowest BCUT2D eigenvalue weighted by molar-refractivity contribution is -0.227. The predicted octanol–water partition coefficient (Wildman–Crippen LogP) is 6.37. The Morgan fingerprint density at radius 2 is 1.72 bits per heavy atom. The number of hydrogen-bond acceptors (Lipinski definition) is 3. The van der Waals surface area contributed by atoms with Gasteiger partial charge in [-0.15, -0.1) is 0 Å². The smallest absolute Gasteiger partial charge is 0.303 e. The Balaban J connectivity index is 1.59. The molecule has 4 fully saturated rings. The number of Topliss-reactive ketones (excluding diaryl/α,β-unsaturated/α-hetero) is 1. The number of rotatable bonds is 3. The number of fused-ring (bicyclic) bond motifs is 7. The fourth-order valence-corrected chi connectivity index (χ4v) is 11.0. The van der Waals surface area contributed by atoms with Gasteiger partial charge in [0.05, 0.1) is 17.9 Å². The van der Waals surface area contributed by atoms with Crippen LogP contribution in [0.4, 0.5) is 0 Å². The summed E-state index contributed by atoms with van der Waals surface area (Å²) in [5.74, 6) is 1.13. The van der Waals surface area contributed by atoms with E-state index in [0.29, 0.717) is 23.9 Å². The summed E-state index contributed by atoms with van der Waals surface area (Å²) in [7, 11) is 0. The highest BCUT2D eigenvalue weighted by Gasteiger charge is 2.71. The van der Waals surface area contributed by atoms with Gasteiger partial charge in [0.15, 0.2) is 0 Å². The van der Waals surface area contributed by atoms with Crippen molar-refractivity contribution < 1.29 is 19.8 Å². The number of carboxylic acid groups (broad SMARTS) is 1. The Morgan fingerprint density at radius 1 is 1.06 bits per heavy atom. The van der Waals surface area contributed by atoms with Gasteiger partial charge >= 0.3 is 5.97 Å². The van der Waals surface area contributed by atoms with Crippen molar-refractivity contribution >= 4 is 18.0 Å². The Morgan fingerprint density at radius 3 is 2.36 bits per heavy atom. The zero-order valence-corrected chi connectivity index (χ0v) is 23.3. The van der Waals surface area contributed by atoms with Gasteiger partial charge in [-0.2, -0.15) is 0 Å². The number of ketones is 1. The fraction of sp³-hybridized carbons (Fsp3) is 0.839. The van der Waals surface area contributed by atoms with E-state index in [1.807, 2.05) is 0 Å². The number of carbonyl (C=O) groups is 2. The lowest BCUT2D eigenvalue weighted by Crippen LogP contribution is -2.68. The maximum Gasteiger partial charge on any atom is 0.303 e. The molecule has 5 heteroatoms. The number of aliphatic carboxylic acids is 1. The van der Waals surface area contributed by atoms with Crippen molar-refractivity contribution in [1.82, 2.24) is 0 Å². The molecule has 0 bridgehead atoms. The van der Waals surface area contributed by atoms with Gasteiger partial charge in [0, 0.05) is 18.6 Å². The second kappa shape index (κ2) is 7.93. The lowest BCUT2D eigenvalue weighted by Gasteiger charge is -2.71. The maximum absolute atomic E-state index is 14.4. The standard InChI is InChI=1S/C31H47NO4/c1-18-20-7-8-29(5)23(28(20,4)14-19(17-32)26(18)36)13-22(33)25-21-15-27(2,3)9-11-31(21,16-24(34)35)12-10-30(25,29)6/h17-18,20-21,23,25,32,36H,7-16H2,1-6H3,(H,34,35)/p+1/t18-,20?,21?,23?,25?,28+,29-,30-,31-/m1/s1. The van der Waals surface area contributed by atoms with Gasteiger partial charge in [0.1, 0.15) is 5.78 Å². The molecule has 36 heavy (non-hydrogen) atoms. The molecule has 5 aliphatic rings. The van der Waals surface area contributed by atoms with Crippen LogP contribution in [0, 0.1) is 62.1 Å². The molecule has 5 rings (SSSR count). The van der Waals surface area contributed by atoms with Gasteiger partial charge in [-0.05, 0) is 103 Å². The largest absolute Gasteiger partial charge is 0.596 e. The quantitative estimate of drug-likeness (QED) is 0.349. The molecule has 0 heterocycles. The summed E-state index contributed by atoms with van der Waals surface area (Å²) in [5, 5.41) is 26.6. The monoisotopic (exact) mass is 498 g/mol. The minimum Gasteiger partial charge on any atom is -0.596 e. The number of carbonyl (C=O) groups excluding carboxylic acids is 1. The van der Waals surface area contributed by atoms with E-state index in [1.165, 1.54) is 6.21 Å². The van der Waals surface area contributed by atoms with Gasteiger partial charge in [0.25, 0.3) is 0 Å². The van der Waals surface area contributed by atoms with E-state index in [0.717, 1.165) is 56.9 Å². The van der Waals surface area contributed by atoms with Gasteiger partial charge in [-0.1, -0.05) is 34.6 Å².